The van der Waals surface area contributed by atoms with Crippen molar-refractivity contribution >= 4 is 17.4 Å². The lowest BCUT2D eigenvalue weighted by Gasteiger charge is -2.18. The molecule has 13 heavy (non-hydrogen) atoms. The summed E-state index contributed by atoms with van der Waals surface area (Å²) in [6, 6.07) is 0.729. The summed E-state index contributed by atoms with van der Waals surface area (Å²) in [5, 5.41) is 0.488. The van der Waals surface area contributed by atoms with E-state index in [-0.39, 0.29) is 0 Å². The van der Waals surface area contributed by atoms with Crippen LogP contribution < -0.4 is 4.90 Å². The molecule has 68 valence electrons. The van der Waals surface area contributed by atoms with Gasteiger partial charge in [-0.1, -0.05) is 11.6 Å². The number of piperidine rings is 1. The second kappa shape index (κ2) is 2.58. The van der Waals surface area contributed by atoms with Crippen LogP contribution in [0.25, 0.3) is 0 Å². The average Bonchev–Trinajstić information content (AvgIpc) is 2.78. The third kappa shape index (κ3) is 1.18. The Kier molecular flexibility index (Phi) is 1.50. The van der Waals surface area contributed by atoms with Crippen LogP contribution in [0.1, 0.15) is 12.8 Å². The van der Waals surface area contributed by atoms with Gasteiger partial charge in [0.1, 0.15) is 11.0 Å². The van der Waals surface area contributed by atoms with Gasteiger partial charge in [-0.05, 0) is 18.8 Å². The molecule has 0 amide bonds. The van der Waals surface area contributed by atoms with E-state index in [4.69, 9.17) is 11.6 Å². The Morgan fingerprint density at radius 1 is 1.46 bits per heavy atom. The van der Waals surface area contributed by atoms with Crippen LogP contribution in [0.3, 0.4) is 0 Å². The zero-order valence-electron chi connectivity index (χ0n) is 7.15. The molecule has 2 atom stereocenters. The quantitative estimate of drug-likeness (QED) is 0.684. The lowest BCUT2D eigenvalue weighted by atomic mass is 10.3. The van der Waals surface area contributed by atoms with E-state index in [9.17, 15) is 0 Å². The number of aromatic nitrogens is 2. The van der Waals surface area contributed by atoms with Crippen molar-refractivity contribution < 1.29 is 0 Å². The molecule has 1 saturated carbocycles. The summed E-state index contributed by atoms with van der Waals surface area (Å²) in [6.07, 6.45) is 6.01. The van der Waals surface area contributed by atoms with Crippen LogP contribution in [-0.2, 0) is 0 Å². The van der Waals surface area contributed by atoms with Gasteiger partial charge in [-0.25, -0.2) is 4.98 Å². The van der Waals surface area contributed by atoms with Crippen molar-refractivity contribution in [3.05, 3.63) is 17.5 Å². The third-order valence-corrected chi connectivity index (χ3v) is 3.10. The van der Waals surface area contributed by atoms with Crippen molar-refractivity contribution in [3.63, 3.8) is 0 Å². The molecule has 1 aliphatic heterocycles. The maximum Gasteiger partial charge on any atom is 0.149 e. The van der Waals surface area contributed by atoms with E-state index >= 15 is 0 Å². The van der Waals surface area contributed by atoms with Gasteiger partial charge in [0.05, 0.1) is 12.4 Å². The molecule has 2 fully saturated rings. The van der Waals surface area contributed by atoms with Crippen LogP contribution in [0.2, 0.25) is 5.15 Å². The highest BCUT2D eigenvalue weighted by molar-refractivity contribution is 6.29. The molecule has 0 aromatic carbocycles. The number of hydrogen-bond acceptors (Lipinski definition) is 3. The minimum atomic E-state index is 0.488. The van der Waals surface area contributed by atoms with Gasteiger partial charge in [-0.15, -0.1) is 0 Å². The molecule has 3 rings (SSSR count). The van der Waals surface area contributed by atoms with Crippen molar-refractivity contribution in [1.82, 2.24) is 9.97 Å². The van der Waals surface area contributed by atoms with Gasteiger partial charge in [0.15, 0.2) is 0 Å². The molecule has 4 heteroatoms. The van der Waals surface area contributed by atoms with E-state index in [1.54, 1.807) is 12.4 Å². The smallest absolute Gasteiger partial charge is 0.149 e. The SMILES string of the molecule is Clc1cncc(N2CCC3CC32)n1. The Hall–Kier alpha value is -0.830. The fraction of sp³-hybridized carbons (Fsp3) is 0.556. The molecule has 1 aliphatic carbocycles. The standard InChI is InChI=1S/C9H10ClN3/c10-8-4-11-5-9(12-8)13-2-1-6-3-7(6)13/h4-7H,1-3H2. The first-order valence-corrected chi connectivity index (χ1v) is 4.96. The molecule has 2 unspecified atom stereocenters. The highest BCUT2D eigenvalue weighted by Crippen LogP contribution is 2.45. The third-order valence-electron chi connectivity index (χ3n) is 2.91. The number of nitrogens with zero attached hydrogens (tertiary/aromatic N) is 3. The van der Waals surface area contributed by atoms with E-state index in [0.717, 1.165) is 24.3 Å². The molecule has 0 radical (unpaired) electrons. The zero-order chi connectivity index (χ0) is 8.84. The number of rotatable bonds is 1. The number of fused-ring (bicyclic) bond motifs is 1. The molecule has 1 saturated heterocycles. The Morgan fingerprint density at radius 2 is 2.38 bits per heavy atom. The maximum absolute atomic E-state index is 5.78. The van der Waals surface area contributed by atoms with Gasteiger partial charge < -0.3 is 4.90 Å². The molecule has 3 nitrogen and oxygen atoms in total. The summed E-state index contributed by atoms with van der Waals surface area (Å²) in [5.74, 6) is 1.86. The summed E-state index contributed by atoms with van der Waals surface area (Å²) in [6.45, 7) is 1.12. The topological polar surface area (TPSA) is 29.0 Å². The second-order valence-electron chi connectivity index (χ2n) is 3.75. The zero-order valence-corrected chi connectivity index (χ0v) is 7.91. The number of anilines is 1. The molecular formula is C9H10ClN3. The Balaban J connectivity index is 1.91. The van der Waals surface area contributed by atoms with Crippen LogP contribution in [0.4, 0.5) is 5.82 Å². The minimum absolute atomic E-state index is 0.488. The van der Waals surface area contributed by atoms with Crippen LogP contribution >= 0.6 is 11.6 Å². The molecule has 1 aromatic rings. The van der Waals surface area contributed by atoms with E-state index < -0.39 is 0 Å². The predicted molar refractivity (Wildman–Crippen MR) is 50.9 cm³/mol. The van der Waals surface area contributed by atoms with E-state index in [0.29, 0.717) is 5.15 Å². The van der Waals surface area contributed by atoms with Crippen LogP contribution in [0.15, 0.2) is 12.4 Å². The summed E-state index contributed by atoms with van der Waals surface area (Å²) < 4.78 is 0. The number of halogens is 1. The lowest BCUT2D eigenvalue weighted by molar-refractivity contribution is 0.790. The van der Waals surface area contributed by atoms with Crippen LogP contribution in [0.5, 0.6) is 0 Å². The lowest BCUT2D eigenvalue weighted by Crippen LogP contribution is -2.23. The molecule has 0 N–H and O–H groups in total. The van der Waals surface area contributed by atoms with Gasteiger partial charge in [-0.3, -0.25) is 4.98 Å². The maximum atomic E-state index is 5.78. The van der Waals surface area contributed by atoms with Crippen molar-refractivity contribution in [3.8, 4) is 0 Å². The van der Waals surface area contributed by atoms with Gasteiger partial charge in [0.25, 0.3) is 0 Å². The first-order valence-electron chi connectivity index (χ1n) is 4.59. The average molecular weight is 196 g/mol. The molecule has 1 aromatic heterocycles. The Labute approximate surface area is 81.7 Å². The predicted octanol–water partition coefficient (Wildman–Crippen LogP) is 1.73. The summed E-state index contributed by atoms with van der Waals surface area (Å²) in [7, 11) is 0. The monoisotopic (exact) mass is 195 g/mol. The van der Waals surface area contributed by atoms with E-state index in [1.807, 2.05) is 0 Å². The molecule has 2 heterocycles. The van der Waals surface area contributed by atoms with Crippen molar-refractivity contribution in [2.75, 3.05) is 11.4 Å². The minimum Gasteiger partial charge on any atom is -0.352 e. The highest BCUT2D eigenvalue weighted by atomic mass is 35.5. The highest BCUT2D eigenvalue weighted by Gasteiger charge is 2.47. The van der Waals surface area contributed by atoms with Gasteiger partial charge >= 0.3 is 0 Å². The molecular weight excluding hydrogens is 186 g/mol. The second-order valence-corrected chi connectivity index (χ2v) is 4.13. The summed E-state index contributed by atoms with van der Waals surface area (Å²) >= 11 is 5.78. The van der Waals surface area contributed by atoms with Crippen molar-refractivity contribution in [2.24, 2.45) is 5.92 Å². The van der Waals surface area contributed by atoms with Crippen LogP contribution in [0, 0.1) is 5.92 Å². The molecule has 2 aliphatic rings. The normalized spacial score (nSPS) is 30.4. The molecule has 0 bridgehead atoms. The van der Waals surface area contributed by atoms with Crippen molar-refractivity contribution in [1.29, 1.82) is 0 Å². The van der Waals surface area contributed by atoms with E-state index in [2.05, 4.69) is 14.9 Å². The van der Waals surface area contributed by atoms with Gasteiger partial charge in [-0.2, -0.15) is 0 Å². The Bertz CT molecular complexity index is 341. The summed E-state index contributed by atoms with van der Waals surface area (Å²) in [5.41, 5.74) is 0. The Morgan fingerprint density at radius 3 is 3.00 bits per heavy atom. The first kappa shape index (κ1) is 7.56. The van der Waals surface area contributed by atoms with Crippen LogP contribution in [-0.4, -0.2) is 22.6 Å². The van der Waals surface area contributed by atoms with E-state index in [1.165, 1.54) is 12.8 Å². The van der Waals surface area contributed by atoms with Gasteiger partial charge in [0.2, 0.25) is 0 Å². The number of hydrogen-bond donors (Lipinski definition) is 0. The fourth-order valence-corrected chi connectivity index (χ4v) is 2.29. The molecule has 0 spiro atoms. The van der Waals surface area contributed by atoms with Crippen molar-refractivity contribution in [2.45, 2.75) is 18.9 Å². The fourth-order valence-electron chi connectivity index (χ4n) is 2.15. The van der Waals surface area contributed by atoms with Gasteiger partial charge in [0, 0.05) is 12.6 Å². The largest absolute Gasteiger partial charge is 0.352 e. The first-order chi connectivity index (χ1) is 6.34. The summed E-state index contributed by atoms with van der Waals surface area (Å²) in [4.78, 5) is 10.6.